The smallest absolute Gasteiger partial charge is 0.255 e. The number of hydrogen-bond acceptors (Lipinski definition) is 6. The number of nitrogens with two attached hydrogens (primary N) is 1. The Labute approximate surface area is 132 Å². The molecule has 0 unspecified atom stereocenters. The van der Waals surface area contributed by atoms with E-state index in [2.05, 4.69) is 31.7 Å². The highest BCUT2D eigenvalue weighted by Gasteiger charge is 2.12. The van der Waals surface area contributed by atoms with Gasteiger partial charge in [-0.1, -0.05) is 0 Å². The van der Waals surface area contributed by atoms with Crippen molar-refractivity contribution in [2.45, 2.75) is 12.8 Å². The molecule has 8 heteroatoms. The SMILES string of the molecule is COCCOCCCCNC(=O)c1cc(Br)cnc1NN. The Kier molecular flexibility index (Phi) is 8.91. The first-order valence-corrected chi connectivity index (χ1v) is 7.45. The molecule has 0 aliphatic carbocycles. The molecular formula is C13H21BrN4O3. The Morgan fingerprint density at radius 1 is 1.38 bits per heavy atom. The van der Waals surface area contributed by atoms with Crippen LogP contribution in [0.15, 0.2) is 16.7 Å². The lowest BCUT2D eigenvalue weighted by atomic mass is 10.2. The largest absolute Gasteiger partial charge is 0.382 e. The number of hydrogen-bond donors (Lipinski definition) is 3. The maximum absolute atomic E-state index is 12.0. The molecule has 0 saturated heterocycles. The number of carbonyl (C=O) groups excluding carboxylic acids is 1. The first kappa shape index (κ1) is 17.8. The molecule has 1 heterocycles. The molecule has 1 aromatic heterocycles. The minimum absolute atomic E-state index is 0.211. The van der Waals surface area contributed by atoms with Crippen molar-refractivity contribution in [3.63, 3.8) is 0 Å². The number of halogens is 1. The Balaban J connectivity index is 2.26. The van der Waals surface area contributed by atoms with Crippen molar-refractivity contribution < 1.29 is 14.3 Å². The van der Waals surface area contributed by atoms with Crippen LogP contribution in [0, 0.1) is 0 Å². The van der Waals surface area contributed by atoms with Crippen LogP contribution in [0.4, 0.5) is 5.82 Å². The zero-order valence-corrected chi connectivity index (χ0v) is 13.6. The molecule has 0 aliphatic heterocycles. The van der Waals surface area contributed by atoms with Gasteiger partial charge < -0.3 is 20.2 Å². The van der Waals surface area contributed by atoms with E-state index in [-0.39, 0.29) is 5.91 Å². The second-order valence-corrected chi connectivity index (χ2v) is 5.18. The summed E-state index contributed by atoms with van der Waals surface area (Å²) in [7, 11) is 1.64. The summed E-state index contributed by atoms with van der Waals surface area (Å²) >= 11 is 3.28. The third-order valence-electron chi connectivity index (χ3n) is 2.67. The fourth-order valence-electron chi connectivity index (χ4n) is 1.60. The number of nitrogens with one attached hydrogen (secondary N) is 2. The molecule has 0 spiro atoms. The van der Waals surface area contributed by atoms with Crippen LogP contribution in [-0.4, -0.2) is 44.4 Å². The van der Waals surface area contributed by atoms with Crippen molar-refractivity contribution >= 4 is 27.7 Å². The molecule has 0 aliphatic rings. The van der Waals surface area contributed by atoms with Crippen molar-refractivity contribution in [3.8, 4) is 0 Å². The summed E-state index contributed by atoms with van der Waals surface area (Å²) in [6, 6.07) is 1.67. The number of carbonyl (C=O) groups is 1. The van der Waals surface area contributed by atoms with Gasteiger partial charge in [0.2, 0.25) is 0 Å². The van der Waals surface area contributed by atoms with Crippen LogP contribution in [0.1, 0.15) is 23.2 Å². The molecule has 1 rings (SSSR count). The number of rotatable bonds is 10. The van der Waals surface area contributed by atoms with E-state index in [1.54, 1.807) is 19.4 Å². The third kappa shape index (κ3) is 6.85. The minimum Gasteiger partial charge on any atom is -0.382 e. The van der Waals surface area contributed by atoms with E-state index in [9.17, 15) is 4.79 Å². The number of pyridine rings is 1. The van der Waals surface area contributed by atoms with Crippen molar-refractivity contribution in [3.05, 3.63) is 22.3 Å². The third-order valence-corrected chi connectivity index (χ3v) is 3.10. The van der Waals surface area contributed by atoms with Crippen molar-refractivity contribution in [1.29, 1.82) is 0 Å². The molecule has 21 heavy (non-hydrogen) atoms. The molecule has 0 bridgehead atoms. The van der Waals surface area contributed by atoms with Gasteiger partial charge in [0.1, 0.15) is 0 Å². The van der Waals surface area contributed by atoms with Crippen molar-refractivity contribution in [2.75, 3.05) is 38.9 Å². The van der Waals surface area contributed by atoms with Gasteiger partial charge in [-0.05, 0) is 34.8 Å². The number of ether oxygens (including phenoxy) is 2. The molecule has 1 amide bonds. The number of anilines is 1. The minimum atomic E-state index is -0.211. The normalized spacial score (nSPS) is 10.4. The highest BCUT2D eigenvalue weighted by atomic mass is 79.9. The number of amides is 1. The topological polar surface area (TPSA) is 98.5 Å². The van der Waals surface area contributed by atoms with Crippen LogP contribution in [0.25, 0.3) is 0 Å². The zero-order valence-electron chi connectivity index (χ0n) is 12.0. The molecule has 0 atom stereocenters. The van der Waals surface area contributed by atoms with Gasteiger partial charge in [-0.25, -0.2) is 10.8 Å². The average molecular weight is 361 g/mol. The van der Waals surface area contributed by atoms with Gasteiger partial charge in [0, 0.05) is 30.9 Å². The lowest BCUT2D eigenvalue weighted by Crippen LogP contribution is -2.26. The number of nitrogen functional groups attached to an aromatic ring is 1. The van der Waals surface area contributed by atoms with Crippen LogP contribution in [-0.2, 0) is 9.47 Å². The standard InChI is InChI=1S/C13H21BrN4O3/c1-20-6-7-21-5-3-2-4-16-13(19)11-8-10(14)9-17-12(11)18-15/h8-9H,2-7,15H2,1H3,(H,16,19)(H,17,18). The lowest BCUT2D eigenvalue weighted by molar-refractivity contribution is 0.0686. The van der Waals surface area contributed by atoms with Crippen LogP contribution in [0.5, 0.6) is 0 Å². The summed E-state index contributed by atoms with van der Waals surface area (Å²) < 4.78 is 10.9. The first-order chi connectivity index (χ1) is 10.2. The van der Waals surface area contributed by atoms with Gasteiger partial charge in [0.05, 0.1) is 18.8 Å². The highest BCUT2D eigenvalue weighted by molar-refractivity contribution is 9.10. The second-order valence-electron chi connectivity index (χ2n) is 4.26. The Bertz CT molecular complexity index is 445. The number of aromatic nitrogens is 1. The number of unbranched alkanes of at least 4 members (excludes halogenated alkanes) is 1. The van der Waals surface area contributed by atoms with E-state index in [1.807, 2.05) is 0 Å². The average Bonchev–Trinajstić information content (AvgIpc) is 2.49. The van der Waals surface area contributed by atoms with Crippen LogP contribution in [0.3, 0.4) is 0 Å². The Hall–Kier alpha value is -1.22. The molecular weight excluding hydrogens is 340 g/mol. The summed E-state index contributed by atoms with van der Waals surface area (Å²) in [4.78, 5) is 16.1. The summed E-state index contributed by atoms with van der Waals surface area (Å²) in [6.45, 7) is 2.43. The van der Waals surface area contributed by atoms with E-state index < -0.39 is 0 Å². The predicted octanol–water partition coefficient (Wildman–Crippen LogP) is 1.30. The predicted molar refractivity (Wildman–Crippen MR) is 84.0 cm³/mol. The second kappa shape index (κ2) is 10.5. The van der Waals surface area contributed by atoms with E-state index >= 15 is 0 Å². The summed E-state index contributed by atoms with van der Waals surface area (Å²) in [6.07, 6.45) is 3.29. The maximum atomic E-state index is 12.0. The van der Waals surface area contributed by atoms with E-state index in [0.717, 1.165) is 17.3 Å². The van der Waals surface area contributed by atoms with Crippen molar-refractivity contribution in [2.24, 2.45) is 5.84 Å². The molecule has 118 valence electrons. The van der Waals surface area contributed by atoms with Crippen LogP contribution >= 0.6 is 15.9 Å². The number of methoxy groups -OCH3 is 1. The monoisotopic (exact) mass is 360 g/mol. The van der Waals surface area contributed by atoms with E-state index in [4.69, 9.17) is 15.3 Å². The van der Waals surface area contributed by atoms with Gasteiger partial charge in [0.15, 0.2) is 5.82 Å². The molecule has 1 aromatic rings. The van der Waals surface area contributed by atoms with Gasteiger partial charge >= 0.3 is 0 Å². The molecule has 4 N–H and O–H groups in total. The van der Waals surface area contributed by atoms with E-state index in [1.165, 1.54) is 0 Å². The van der Waals surface area contributed by atoms with Crippen molar-refractivity contribution in [1.82, 2.24) is 10.3 Å². The molecule has 0 radical (unpaired) electrons. The Morgan fingerprint density at radius 3 is 2.90 bits per heavy atom. The zero-order chi connectivity index (χ0) is 15.5. The van der Waals surface area contributed by atoms with Gasteiger partial charge in [0.25, 0.3) is 5.91 Å². The fraction of sp³-hybridized carbons (Fsp3) is 0.538. The quantitative estimate of drug-likeness (QED) is 0.330. The molecule has 0 aromatic carbocycles. The maximum Gasteiger partial charge on any atom is 0.255 e. The van der Waals surface area contributed by atoms with Crippen LogP contribution < -0.4 is 16.6 Å². The summed E-state index contributed by atoms with van der Waals surface area (Å²) in [5, 5.41) is 2.83. The summed E-state index contributed by atoms with van der Waals surface area (Å²) in [5.41, 5.74) is 2.82. The van der Waals surface area contributed by atoms with Crippen LogP contribution in [0.2, 0.25) is 0 Å². The molecule has 0 fully saturated rings. The van der Waals surface area contributed by atoms with Gasteiger partial charge in [-0.15, -0.1) is 0 Å². The van der Waals surface area contributed by atoms with E-state index in [0.29, 0.717) is 37.7 Å². The Morgan fingerprint density at radius 2 is 2.19 bits per heavy atom. The lowest BCUT2D eigenvalue weighted by Gasteiger charge is -2.09. The van der Waals surface area contributed by atoms with Gasteiger partial charge in [-0.2, -0.15) is 0 Å². The number of hydrazine groups is 1. The summed E-state index contributed by atoms with van der Waals surface area (Å²) in [5.74, 6) is 5.47. The highest BCUT2D eigenvalue weighted by Crippen LogP contribution is 2.17. The molecule has 7 nitrogen and oxygen atoms in total. The van der Waals surface area contributed by atoms with Gasteiger partial charge in [-0.3, -0.25) is 4.79 Å². The first-order valence-electron chi connectivity index (χ1n) is 6.66. The fourth-order valence-corrected chi connectivity index (χ4v) is 1.93. The molecule has 0 saturated carbocycles. The number of nitrogens with zero attached hydrogens (tertiary/aromatic N) is 1.